The molecule has 0 aromatic rings. The molecule has 0 spiro atoms. The number of amides is 1. The highest BCUT2D eigenvalue weighted by molar-refractivity contribution is 5.76. The molecule has 1 saturated heterocycles. The van der Waals surface area contributed by atoms with Crippen molar-refractivity contribution in [1.29, 1.82) is 0 Å². The molecule has 0 aromatic carbocycles. The molecule has 0 aromatic heterocycles. The molecule has 0 radical (unpaired) electrons. The van der Waals surface area contributed by atoms with Crippen LogP contribution >= 0.6 is 0 Å². The number of hydrogen-bond acceptors (Lipinski definition) is 9. The maximum absolute atomic E-state index is 13.6. The zero-order valence-electron chi connectivity index (χ0n) is 33.1. The van der Waals surface area contributed by atoms with Crippen molar-refractivity contribution in [3.05, 3.63) is 0 Å². The number of rotatable bonds is 33. The molecular weight excluding hydrogens is 681 g/mol. The van der Waals surface area contributed by atoms with Crippen LogP contribution in [0.4, 0.5) is 4.39 Å². The van der Waals surface area contributed by atoms with E-state index in [-0.39, 0.29) is 25.4 Å². The van der Waals surface area contributed by atoms with Crippen molar-refractivity contribution >= 4 is 5.91 Å². The van der Waals surface area contributed by atoms with Gasteiger partial charge in [0.25, 0.3) is 0 Å². The van der Waals surface area contributed by atoms with Crippen LogP contribution in [0.3, 0.4) is 0 Å². The molecule has 312 valence electrons. The SMILES string of the molecule is CC[C@@H](O)[C@@H](O)[C@H](COC1OC(CO)C(O)C(O)C1O)NC(=O)CCCCCCCCCCCCCCCCCCCCCCCCC12CC(F)(C1)C2. The lowest BCUT2D eigenvalue weighted by Gasteiger charge is -2.66. The van der Waals surface area contributed by atoms with Gasteiger partial charge >= 0.3 is 0 Å². The van der Waals surface area contributed by atoms with Gasteiger partial charge < -0.3 is 45.4 Å². The molecule has 10 nitrogen and oxygen atoms in total. The number of aliphatic hydroxyl groups excluding tert-OH is 6. The van der Waals surface area contributed by atoms with Crippen LogP contribution in [0.15, 0.2) is 0 Å². The number of aliphatic hydroxyl groups is 6. The summed E-state index contributed by atoms with van der Waals surface area (Å²) in [5, 5.41) is 63.1. The molecule has 1 heterocycles. The number of alkyl halides is 1. The Morgan fingerprint density at radius 2 is 1.15 bits per heavy atom. The maximum atomic E-state index is 13.6. The lowest BCUT2D eigenvalue weighted by molar-refractivity contribution is -0.303. The Hall–Kier alpha value is -0.920. The Morgan fingerprint density at radius 1 is 0.717 bits per heavy atom. The largest absolute Gasteiger partial charge is 0.394 e. The molecule has 1 amide bonds. The number of hydrogen-bond donors (Lipinski definition) is 7. The van der Waals surface area contributed by atoms with Crippen LogP contribution in [-0.2, 0) is 14.3 Å². The Bertz CT molecular complexity index is 953. The van der Waals surface area contributed by atoms with Crippen molar-refractivity contribution in [3.63, 3.8) is 0 Å². The van der Waals surface area contributed by atoms with Crippen molar-refractivity contribution in [1.82, 2.24) is 5.32 Å². The zero-order valence-corrected chi connectivity index (χ0v) is 33.1. The van der Waals surface area contributed by atoms with Crippen molar-refractivity contribution in [2.24, 2.45) is 5.41 Å². The molecule has 4 fully saturated rings. The standard InChI is InChI=1S/C42H78FNO9/c1-2-33(46)36(48)32(28-52-40-39(51)38(50)37(49)34(27-45)53-40)44-35(47)25-23-21-19-17-15-13-11-9-7-5-3-4-6-8-10-12-14-16-18-20-22-24-26-41-29-42(43,30-41)31-41/h32-34,36-40,45-46,48-51H,2-31H2,1H3,(H,44,47)/t32-,33+,34?,36-,37?,38?,39?,40?,41?,42?/m0/s1. The van der Waals surface area contributed by atoms with Crippen molar-refractivity contribution in [3.8, 4) is 0 Å². The molecule has 4 aliphatic rings. The number of unbranched alkanes of at least 4 members (excludes halogenated alkanes) is 21. The highest BCUT2D eigenvalue weighted by Gasteiger charge is 2.68. The van der Waals surface area contributed by atoms with Crippen molar-refractivity contribution in [2.75, 3.05) is 13.2 Å². The lowest BCUT2D eigenvalue weighted by atomic mass is 9.41. The van der Waals surface area contributed by atoms with Gasteiger partial charge in [0.05, 0.1) is 25.4 Å². The molecule has 8 atom stereocenters. The third-order valence-corrected chi connectivity index (χ3v) is 12.3. The fourth-order valence-electron chi connectivity index (χ4n) is 8.86. The smallest absolute Gasteiger partial charge is 0.220 e. The summed E-state index contributed by atoms with van der Waals surface area (Å²) in [6.07, 6.45) is 22.8. The minimum Gasteiger partial charge on any atom is -0.394 e. The van der Waals surface area contributed by atoms with Gasteiger partial charge in [-0.3, -0.25) is 4.79 Å². The fourth-order valence-corrected chi connectivity index (χ4v) is 8.86. The van der Waals surface area contributed by atoms with Crippen LogP contribution in [-0.4, -0.2) is 104 Å². The highest BCUT2D eigenvalue weighted by atomic mass is 19.1. The van der Waals surface area contributed by atoms with E-state index in [2.05, 4.69) is 5.32 Å². The summed E-state index contributed by atoms with van der Waals surface area (Å²) in [5.74, 6) is -0.280. The fraction of sp³-hybridized carbons (Fsp3) is 0.976. The second-order valence-electron chi connectivity index (χ2n) is 17.1. The molecule has 7 N–H and O–H groups in total. The summed E-state index contributed by atoms with van der Waals surface area (Å²) in [4.78, 5) is 12.7. The van der Waals surface area contributed by atoms with Gasteiger partial charge in [0.15, 0.2) is 6.29 Å². The molecule has 4 rings (SSSR count). The highest BCUT2D eigenvalue weighted by Crippen LogP contribution is 2.71. The predicted molar refractivity (Wildman–Crippen MR) is 205 cm³/mol. The summed E-state index contributed by atoms with van der Waals surface area (Å²) in [6.45, 7) is 0.780. The first-order valence-corrected chi connectivity index (χ1v) is 21.8. The molecule has 1 aliphatic heterocycles. The number of halogens is 1. The summed E-state index contributed by atoms with van der Waals surface area (Å²) >= 11 is 0. The maximum Gasteiger partial charge on any atom is 0.220 e. The zero-order chi connectivity index (χ0) is 38.5. The van der Waals surface area contributed by atoms with Crippen LogP contribution in [0.5, 0.6) is 0 Å². The normalized spacial score (nSPS) is 29.6. The molecule has 11 heteroatoms. The molecule has 2 bridgehead atoms. The van der Waals surface area contributed by atoms with Gasteiger partial charge in [0.1, 0.15) is 36.2 Å². The first-order chi connectivity index (χ1) is 25.5. The topological polar surface area (TPSA) is 169 Å². The molecule has 3 saturated carbocycles. The average Bonchev–Trinajstić information content (AvgIpc) is 3.12. The van der Waals surface area contributed by atoms with Crippen molar-refractivity contribution < 1.29 is 49.3 Å². The number of ether oxygens (including phenoxy) is 2. The minimum absolute atomic E-state index is 0.252. The van der Waals surface area contributed by atoms with E-state index in [4.69, 9.17) is 9.47 Å². The van der Waals surface area contributed by atoms with Crippen molar-refractivity contribution in [2.45, 2.75) is 241 Å². The summed E-state index contributed by atoms with van der Waals surface area (Å²) in [6, 6.07) is -0.989. The predicted octanol–water partition coefficient (Wildman–Crippen LogP) is 6.67. The summed E-state index contributed by atoms with van der Waals surface area (Å²) < 4.78 is 24.5. The van der Waals surface area contributed by atoms with E-state index in [0.717, 1.165) is 38.5 Å². The minimum atomic E-state index is -1.60. The second-order valence-corrected chi connectivity index (χ2v) is 17.1. The first kappa shape index (κ1) is 46.5. The number of nitrogens with one attached hydrogen (secondary N) is 1. The van der Waals surface area contributed by atoms with E-state index < -0.39 is 61.2 Å². The van der Waals surface area contributed by atoms with Gasteiger partial charge in [0.2, 0.25) is 5.91 Å². The van der Waals surface area contributed by atoms with Gasteiger partial charge in [-0.2, -0.15) is 0 Å². The first-order valence-electron chi connectivity index (χ1n) is 21.8. The number of carbonyl (C=O) groups is 1. The van der Waals surface area contributed by atoms with E-state index in [9.17, 15) is 39.8 Å². The molecule has 5 unspecified atom stereocenters. The lowest BCUT2D eigenvalue weighted by Crippen LogP contribution is -2.64. The van der Waals surface area contributed by atoms with Crippen LogP contribution in [0.2, 0.25) is 0 Å². The Balaban J connectivity index is 1.06. The monoisotopic (exact) mass is 760 g/mol. The van der Waals surface area contributed by atoms with Crippen LogP contribution in [0.25, 0.3) is 0 Å². The van der Waals surface area contributed by atoms with E-state index in [1.54, 1.807) is 6.92 Å². The van der Waals surface area contributed by atoms with Crippen LogP contribution in [0, 0.1) is 5.41 Å². The van der Waals surface area contributed by atoms with Gasteiger partial charge in [-0.25, -0.2) is 4.39 Å². The second kappa shape index (κ2) is 25.4. The number of carbonyl (C=O) groups excluding carboxylic acids is 1. The van der Waals surface area contributed by atoms with Gasteiger partial charge in [0, 0.05) is 6.42 Å². The van der Waals surface area contributed by atoms with Crippen LogP contribution < -0.4 is 5.32 Å². The Morgan fingerprint density at radius 3 is 1.57 bits per heavy atom. The van der Waals surface area contributed by atoms with E-state index >= 15 is 0 Å². The average molecular weight is 760 g/mol. The Kier molecular flexibility index (Phi) is 22.2. The van der Waals surface area contributed by atoms with Crippen LogP contribution in [0.1, 0.15) is 187 Å². The van der Waals surface area contributed by atoms with Gasteiger partial charge in [-0.1, -0.05) is 142 Å². The molecule has 3 aliphatic carbocycles. The van der Waals surface area contributed by atoms with E-state index in [1.165, 1.54) is 122 Å². The Labute approximate surface area is 320 Å². The van der Waals surface area contributed by atoms with Gasteiger partial charge in [-0.05, 0) is 43.9 Å². The third-order valence-electron chi connectivity index (χ3n) is 12.3. The van der Waals surface area contributed by atoms with E-state index in [0.29, 0.717) is 11.8 Å². The summed E-state index contributed by atoms with van der Waals surface area (Å²) in [5.41, 5.74) is -0.280. The third kappa shape index (κ3) is 16.6. The molecular formula is C42H78FNO9. The van der Waals surface area contributed by atoms with E-state index in [1.807, 2.05) is 0 Å². The quantitative estimate of drug-likeness (QED) is 0.0361. The van der Waals surface area contributed by atoms with Gasteiger partial charge in [-0.15, -0.1) is 0 Å². The summed E-state index contributed by atoms with van der Waals surface area (Å²) in [7, 11) is 0. The molecule has 53 heavy (non-hydrogen) atoms.